The summed E-state index contributed by atoms with van der Waals surface area (Å²) in [5, 5.41) is 9.86. The van der Waals surface area contributed by atoms with E-state index in [1.54, 1.807) is 48.0 Å². The van der Waals surface area contributed by atoms with Gasteiger partial charge in [-0.1, -0.05) is 61.2 Å². The van der Waals surface area contributed by atoms with Crippen molar-refractivity contribution in [3.8, 4) is 17.7 Å². The topological polar surface area (TPSA) is 83.0 Å². The number of fused-ring (bicyclic) bond motifs is 1. The number of carbonyl (C=O) groups excluding carboxylic acids is 2. The predicted octanol–water partition coefficient (Wildman–Crippen LogP) is 3.54. The van der Waals surface area contributed by atoms with Crippen molar-refractivity contribution >= 4 is 11.8 Å². The first-order valence-corrected chi connectivity index (χ1v) is 12.9. The van der Waals surface area contributed by atoms with Gasteiger partial charge in [0.2, 0.25) is 11.8 Å². The fourth-order valence-electron chi connectivity index (χ4n) is 4.37. The summed E-state index contributed by atoms with van der Waals surface area (Å²) in [5.41, 5.74) is 1.78. The smallest absolute Gasteiger partial charge is 0.259 e. The third-order valence-corrected chi connectivity index (χ3v) is 6.81. The van der Waals surface area contributed by atoms with Crippen LogP contribution in [0.15, 0.2) is 66.9 Å². The van der Waals surface area contributed by atoms with E-state index in [2.05, 4.69) is 16.8 Å². The molecule has 2 aromatic carbocycles. The second-order valence-corrected chi connectivity index (χ2v) is 9.87. The lowest BCUT2D eigenvalue weighted by Crippen LogP contribution is -2.50. The summed E-state index contributed by atoms with van der Waals surface area (Å²) in [6.07, 6.45) is 1.29. The fraction of sp³-hybridized carbons (Fsp3) is 0.323. The Morgan fingerprint density at radius 3 is 2.64 bits per heavy atom. The van der Waals surface area contributed by atoms with E-state index in [9.17, 15) is 19.1 Å². The third-order valence-electron chi connectivity index (χ3n) is 6.81. The summed E-state index contributed by atoms with van der Waals surface area (Å²) in [6.45, 7) is 4.11. The zero-order valence-corrected chi connectivity index (χ0v) is 22.3. The maximum absolute atomic E-state index is 14.0. The van der Waals surface area contributed by atoms with Crippen LogP contribution in [0.5, 0.6) is 5.88 Å². The Hall–Kier alpha value is -4.22. The highest BCUT2D eigenvalue weighted by Crippen LogP contribution is 2.27. The normalized spacial score (nSPS) is 17.6. The summed E-state index contributed by atoms with van der Waals surface area (Å²) in [6, 6.07) is 16.8. The molecule has 0 bridgehead atoms. The molecule has 2 amide bonds. The zero-order chi connectivity index (χ0) is 27.9. The maximum atomic E-state index is 14.0. The number of likely N-dealkylation sites (N-methyl/N-ethyl adjacent to an activating group) is 1. The monoisotopic (exact) mass is 529 g/mol. The standard InChI is InChI=1S/C31H32FN3O4/c1-21-18-35(22(2)20-36)31(38)26-15-24(13-14-25-11-7-8-12-27(25)32)17-33-30(26)39-28(21)19-34(3)29(37)16-23-9-5-4-6-10-23/h4-12,15,17,21-22,28,36H,16,18-20H2,1-3H3/t21-,22-,28+/m0/s1. The van der Waals surface area contributed by atoms with Crippen LogP contribution in [-0.4, -0.2) is 70.6 Å². The van der Waals surface area contributed by atoms with E-state index in [1.165, 1.54) is 12.3 Å². The maximum Gasteiger partial charge on any atom is 0.259 e. The molecule has 39 heavy (non-hydrogen) atoms. The minimum atomic E-state index is -0.460. The minimum absolute atomic E-state index is 0.0531. The number of amides is 2. The quantitative estimate of drug-likeness (QED) is 0.494. The molecule has 3 atom stereocenters. The van der Waals surface area contributed by atoms with Crippen LogP contribution in [0.4, 0.5) is 4.39 Å². The Balaban J connectivity index is 1.62. The van der Waals surface area contributed by atoms with E-state index >= 15 is 0 Å². The van der Waals surface area contributed by atoms with Crippen LogP contribution >= 0.6 is 0 Å². The number of carbonyl (C=O) groups is 2. The molecule has 2 heterocycles. The van der Waals surface area contributed by atoms with Gasteiger partial charge in [-0.3, -0.25) is 9.59 Å². The summed E-state index contributed by atoms with van der Waals surface area (Å²) in [7, 11) is 1.73. The Morgan fingerprint density at radius 1 is 1.21 bits per heavy atom. The Bertz CT molecular complexity index is 1390. The van der Waals surface area contributed by atoms with Crippen molar-refractivity contribution in [2.45, 2.75) is 32.4 Å². The number of hydrogen-bond donors (Lipinski definition) is 1. The Labute approximate surface area is 228 Å². The fourth-order valence-corrected chi connectivity index (χ4v) is 4.37. The second-order valence-electron chi connectivity index (χ2n) is 9.87. The lowest BCUT2D eigenvalue weighted by molar-refractivity contribution is -0.130. The van der Waals surface area contributed by atoms with Crippen LogP contribution < -0.4 is 4.74 Å². The lowest BCUT2D eigenvalue weighted by atomic mass is 9.99. The van der Waals surface area contributed by atoms with Gasteiger partial charge in [0.05, 0.1) is 31.2 Å². The third kappa shape index (κ3) is 6.81. The highest BCUT2D eigenvalue weighted by molar-refractivity contribution is 5.97. The summed E-state index contributed by atoms with van der Waals surface area (Å²) in [4.78, 5) is 34.1. The van der Waals surface area contributed by atoms with Crippen LogP contribution in [-0.2, 0) is 11.2 Å². The van der Waals surface area contributed by atoms with Gasteiger partial charge in [0.25, 0.3) is 5.91 Å². The zero-order valence-electron chi connectivity index (χ0n) is 22.3. The largest absolute Gasteiger partial charge is 0.472 e. The molecule has 0 radical (unpaired) electrons. The van der Waals surface area contributed by atoms with Gasteiger partial charge in [0, 0.05) is 31.3 Å². The number of rotatable bonds is 6. The SMILES string of the molecule is C[C@H]1CN([C@@H](C)CO)C(=O)c2cc(C#Cc3ccccc3F)cnc2O[C@@H]1CN(C)C(=O)Cc1ccccc1. The van der Waals surface area contributed by atoms with Crippen LogP contribution in [0.3, 0.4) is 0 Å². The van der Waals surface area contributed by atoms with Crippen molar-refractivity contribution in [1.29, 1.82) is 0 Å². The average molecular weight is 530 g/mol. The molecule has 0 spiro atoms. The summed E-state index contributed by atoms with van der Waals surface area (Å²) < 4.78 is 20.3. The molecule has 7 nitrogen and oxygen atoms in total. The predicted molar refractivity (Wildman–Crippen MR) is 146 cm³/mol. The first kappa shape index (κ1) is 27.8. The van der Waals surface area contributed by atoms with Crippen molar-refractivity contribution in [1.82, 2.24) is 14.8 Å². The number of ether oxygens (including phenoxy) is 1. The number of aromatic nitrogens is 1. The molecule has 1 aliphatic heterocycles. The highest BCUT2D eigenvalue weighted by Gasteiger charge is 2.34. The number of aliphatic hydroxyl groups is 1. The lowest BCUT2D eigenvalue weighted by Gasteiger charge is -2.37. The number of aliphatic hydroxyl groups excluding tert-OH is 1. The average Bonchev–Trinajstić information content (AvgIpc) is 2.94. The molecule has 0 unspecified atom stereocenters. The molecule has 0 saturated carbocycles. The molecule has 3 aromatic rings. The van der Waals surface area contributed by atoms with Crippen molar-refractivity contribution in [2.24, 2.45) is 5.92 Å². The molecule has 0 fully saturated rings. The van der Waals surface area contributed by atoms with Crippen molar-refractivity contribution < 1.29 is 23.8 Å². The van der Waals surface area contributed by atoms with Crippen LogP contribution in [0, 0.1) is 23.6 Å². The molecule has 1 aromatic heterocycles. The van der Waals surface area contributed by atoms with Crippen LogP contribution in [0.1, 0.15) is 40.9 Å². The molecular weight excluding hydrogens is 497 g/mol. The minimum Gasteiger partial charge on any atom is -0.472 e. The molecule has 1 aliphatic rings. The van der Waals surface area contributed by atoms with Gasteiger partial charge in [0.15, 0.2) is 0 Å². The van der Waals surface area contributed by atoms with Crippen molar-refractivity contribution in [3.63, 3.8) is 0 Å². The Morgan fingerprint density at radius 2 is 1.92 bits per heavy atom. The number of nitrogens with zero attached hydrogens (tertiary/aromatic N) is 3. The molecule has 0 saturated heterocycles. The molecule has 202 valence electrons. The number of hydrogen-bond acceptors (Lipinski definition) is 5. The highest BCUT2D eigenvalue weighted by atomic mass is 19.1. The van der Waals surface area contributed by atoms with E-state index in [4.69, 9.17) is 4.74 Å². The number of benzene rings is 2. The first-order valence-electron chi connectivity index (χ1n) is 12.9. The van der Waals surface area contributed by atoms with E-state index in [-0.39, 0.29) is 47.8 Å². The second kappa shape index (κ2) is 12.5. The van der Waals surface area contributed by atoms with E-state index in [0.717, 1.165) is 5.56 Å². The van der Waals surface area contributed by atoms with E-state index < -0.39 is 18.0 Å². The van der Waals surface area contributed by atoms with Gasteiger partial charge >= 0.3 is 0 Å². The number of halogens is 1. The van der Waals surface area contributed by atoms with Crippen LogP contribution in [0.25, 0.3) is 0 Å². The van der Waals surface area contributed by atoms with Gasteiger partial charge in [-0.2, -0.15) is 0 Å². The Kier molecular flexibility index (Phi) is 8.95. The van der Waals surface area contributed by atoms with E-state index in [0.29, 0.717) is 18.7 Å². The summed E-state index contributed by atoms with van der Waals surface area (Å²) in [5.74, 6) is 4.80. The summed E-state index contributed by atoms with van der Waals surface area (Å²) >= 11 is 0. The van der Waals surface area contributed by atoms with E-state index in [1.807, 2.05) is 37.3 Å². The van der Waals surface area contributed by atoms with Gasteiger partial charge in [-0.05, 0) is 30.7 Å². The van der Waals surface area contributed by atoms with Crippen molar-refractivity contribution in [3.05, 3.63) is 94.9 Å². The van der Waals surface area contributed by atoms with Crippen molar-refractivity contribution in [2.75, 3.05) is 26.7 Å². The van der Waals surface area contributed by atoms with Gasteiger partial charge in [0.1, 0.15) is 17.5 Å². The number of pyridine rings is 1. The molecule has 1 N–H and O–H groups in total. The molecular formula is C31H32FN3O4. The van der Waals surface area contributed by atoms with Crippen LogP contribution in [0.2, 0.25) is 0 Å². The van der Waals surface area contributed by atoms with Gasteiger partial charge < -0.3 is 19.6 Å². The molecule has 4 rings (SSSR count). The van der Waals surface area contributed by atoms with Gasteiger partial charge in [-0.25, -0.2) is 9.37 Å². The first-order chi connectivity index (χ1) is 18.8. The van der Waals surface area contributed by atoms with Gasteiger partial charge in [-0.15, -0.1) is 0 Å². The molecule has 0 aliphatic carbocycles. The molecule has 8 heteroatoms.